The van der Waals surface area contributed by atoms with Gasteiger partial charge in [0.1, 0.15) is 6.17 Å². The number of fused-ring (bicyclic) bond motifs is 7. The van der Waals surface area contributed by atoms with E-state index in [2.05, 4.69) is 5.32 Å². The number of aliphatic hydroxyl groups excluding tert-OH is 1. The maximum absolute atomic E-state index is 17.5. The van der Waals surface area contributed by atoms with Crippen LogP contribution < -0.4 is 5.32 Å². The fourth-order valence-corrected chi connectivity index (χ4v) is 8.94. The summed E-state index contributed by atoms with van der Waals surface area (Å²) in [5.74, 6) is -2.18. The van der Waals surface area contributed by atoms with Crippen LogP contribution in [0.15, 0.2) is 23.8 Å². The van der Waals surface area contributed by atoms with Gasteiger partial charge in [-0.1, -0.05) is 19.9 Å². The van der Waals surface area contributed by atoms with Crippen molar-refractivity contribution < 1.29 is 33.0 Å². The Labute approximate surface area is 198 Å². The monoisotopic (exact) mass is 477 g/mol. The van der Waals surface area contributed by atoms with Crippen molar-refractivity contribution in [3.05, 3.63) is 23.8 Å². The highest BCUT2D eigenvalue weighted by atomic mass is 19.1. The molecule has 4 fully saturated rings. The van der Waals surface area contributed by atoms with Crippen LogP contribution in [0.1, 0.15) is 47.0 Å². The standard InChI is InChI=1S/C26H33F2NO5/c1-14(30)34-12-21(33)25-13-29-11-15(25)9-23(3)19-8-18(27)17-7-16(31)5-6-22(17,2)26(19,28)20(32)10-24(23,25)4/h5-7,15,18-20,29,32H,8-13H2,1-4H3. The second kappa shape index (κ2) is 7.06. The number of ketones is 2. The Morgan fingerprint density at radius 3 is 2.65 bits per heavy atom. The van der Waals surface area contributed by atoms with Crippen molar-refractivity contribution in [3.63, 3.8) is 0 Å². The number of alkyl halides is 2. The zero-order chi connectivity index (χ0) is 24.9. The second-order valence-electron chi connectivity index (χ2n) is 11.7. The molecule has 9 unspecified atom stereocenters. The molecule has 0 amide bonds. The fourth-order valence-electron chi connectivity index (χ4n) is 8.94. The van der Waals surface area contributed by atoms with E-state index in [1.165, 1.54) is 25.2 Å². The van der Waals surface area contributed by atoms with Crippen LogP contribution in [0.2, 0.25) is 0 Å². The lowest BCUT2D eigenvalue weighted by molar-refractivity contribution is -0.241. The minimum Gasteiger partial charge on any atom is -0.458 e. The van der Waals surface area contributed by atoms with Gasteiger partial charge in [-0.25, -0.2) is 8.78 Å². The number of esters is 1. The summed E-state index contributed by atoms with van der Waals surface area (Å²) in [7, 11) is 0. The molecule has 0 spiro atoms. The van der Waals surface area contributed by atoms with Gasteiger partial charge in [0.25, 0.3) is 0 Å². The molecule has 34 heavy (non-hydrogen) atoms. The Morgan fingerprint density at radius 2 is 1.97 bits per heavy atom. The van der Waals surface area contributed by atoms with Crippen molar-refractivity contribution >= 4 is 17.5 Å². The average Bonchev–Trinajstić information content (AvgIpc) is 3.26. The van der Waals surface area contributed by atoms with Crippen molar-refractivity contribution in [1.82, 2.24) is 5.32 Å². The first-order valence-electron chi connectivity index (χ1n) is 12.1. The first-order chi connectivity index (χ1) is 15.8. The van der Waals surface area contributed by atoms with Crippen LogP contribution in [0.25, 0.3) is 0 Å². The highest BCUT2D eigenvalue weighted by molar-refractivity contribution is 6.01. The van der Waals surface area contributed by atoms with Gasteiger partial charge in [-0.3, -0.25) is 14.4 Å². The number of carbonyl (C=O) groups is 3. The first-order valence-corrected chi connectivity index (χ1v) is 12.1. The minimum atomic E-state index is -2.20. The van der Waals surface area contributed by atoms with Crippen molar-refractivity contribution in [2.75, 3.05) is 19.7 Å². The highest BCUT2D eigenvalue weighted by Crippen LogP contribution is 2.78. The summed E-state index contributed by atoms with van der Waals surface area (Å²) < 4.78 is 38.2. The number of Topliss-reactive ketones (excluding diaryl/α,β-unsaturated/α-hetero) is 1. The third-order valence-corrected chi connectivity index (χ3v) is 10.7. The van der Waals surface area contributed by atoms with Crippen LogP contribution in [0, 0.1) is 33.5 Å². The molecular formula is C26H33F2NO5. The fraction of sp³-hybridized carbons (Fsp3) is 0.731. The SMILES string of the molecule is CC(=O)OCC(=O)C12CNCC1CC1(C)C3CC(F)C4=CC(=O)C=CC4(C)C3(F)C(O)CC12C. The summed E-state index contributed by atoms with van der Waals surface area (Å²) >= 11 is 0. The topological polar surface area (TPSA) is 92.7 Å². The summed E-state index contributed by atoms with van der Waals surface area (Å²) in [4.78, 5) is 37.1. The molecule has 0 bridgehead atoms. The molecule has 0 aromatic rings. The number of ether oxygens (including phenoxy) is 1. The number of allylic oxidation sites excluding steroid dienone is 4. The van der Waals surface area contributed by atoms with Gasteiger partial charge >= 0.3 is 5.97 Å². The Kier molecular flexibility index (Phi) is 4.94. The van der Waals surface area contributed by atoms with E-state index in [0.29, 0.717) is 19.5 Å². The van der Waals surface area contributed by atoms with Gasteiger partial charge < -0.3 is 15.2 Å². The number of halogens is 2. The van der Waals surface area contributed by atoms with Crippen molar-refractivity contribution in [1.29, 1.82) is 0 Å². The van der Waals surface area contributed by atoms with Gasteiger partial charge in [0, 0.05) is 24.8 Å². The lowest BCUT2D eigenvalue weighted by Gasteiger charge is -2.67. The van der Waals surface area contributed by atoms with Crippen LogP contribution in [-0.4, -0.2) is 60.3 Å². The van der Waals surface area contributed by atoms with E-state index < -0.39 is 51.5 Å². The summed E-state index contributed by atoms with van der Waals surface area (Å²) in [5.41, 5.74) is -6.17. The van der Waals surface area contributed by atoms with Gasteiger partial charge in [-0.15, -0.1) is 0 Å². The van der Waals surface area contributed by atoms with Gasteiger partial charge in [0.15, 0.2) is 23.8 Å². The molecule has 0 radical (unpaired) electrons. The molecule has 1 saturated heterocycles. The van der Waals surface area contributed by atoms with Gasteiger partial charge in [-0.2, -0.15) is 0 Å². The number of rotatable bonds is 3. The van der Waals surface area contributed by atoms with E-state index >= 15 is 8.78 Å². The van der Waals surface area contributed by atoms with Gasteiger partial charge in [0.05, 0.1) is 11.5 Å². The van der Waals surface area contributed by atoms with E-state index in [4.69, 9.17) is 4.74 Å². The summed E-state index contributed by atoms with van der Waals surface area (Å²) in [5, 5.41) is 14.8. The van der Waals surface area contributed by atoms with Crippen molar-refractivity contribution in [2.24, 2.45) is 33.5 Å². The van der Waals surface area contributed by atoms with Crippen LogP contribution >= 0.6 is 0 Å². The Balaban J connectivity index is 1.65. The van der Waals surface area contributed by atoms with Crippen LogP contribution in [0.3, 0.4) is 0 Å². The molecule has 1 aliphatic heterocycles. The Morgan fingerprint density at radius 1 is 1.26 bits per heavy atom. The highest BCUT2D eigenvalue weighted by Gasteiger charge is 2.81. The number of hydrogen-bond donors (Lipinski definition) is 2. The van der Waals surface area contributed by atoms with E-state index in [1.807, 2.05) is 13.8 Å². The zero-order valence-electron chi connectivity index (χ0n) is 20.1. The molecule has 6 nitrogen and oxygen atoms in total. The molecule has 8 heteroatoms. The van der Waals surface area contributed by atoms with Gasteiger partial charge in [-0.05, 0) is 67.2 Å². The predicted molar refractivity (Wildman–Crippen MR) is 119 cm³/mol. The number of carbonyl (C=O) groups excluding carboxylic acids is 3. The molecule has 2 N–H and O–H groups in total. The normalized spacial score (nSPS) is 51.1. The van der Waals surface area contributed by atoms with Crippen LogP contribution in [0.5, 0.6) is 0 Å². The Bertz CT molecular complexity index is 1040. The number of aliphatic hydroxyl groups is 1. The summed E-state index contributed by atoms with van der Waals surface area (Å²) in [6.07, 6.45) is 1.24. The molecule has 0 aromatic heterocycles. The third kappa shape index (κ3) is 2.49. The number of hydrogen-bond acceptors (Lipinski definition) is 6. The molecule has 9 atom stereocenters. The largest absolute Gasteiger partial charge is 0.458 e. The second-order valence-corrected chi connectivity index (χ2v) is 11.7. The predicted octanol–water partition coefficient (Wildman–Crippen LogP) is 2.64. The minimum absolute atomic E-state index is 0.0160. The molecule has 1 heterocycles. The molecule has 186 valence electrons. The van der Waals surface area contributed by atoms with E-state index in [-0.39, 0.29) is 42.5 Å². The van der Waals surface area contributed by atoms with Crippen molar-refractivity contribution in [2.45, 2.75) is 64.9 Å². The number of nitrogens with one attached hydrogen (secondary N) is 1. The van der Waals surface area contributed by atoms with Crippen LogP contribution in [0.4, 0.5) is 8.78 Å². The maximum atomic E-state index is 17.5. The molecule has 5 aliphatic rings. The Hall–Kier alpha value is -1.93. The zero-order valence-corrected chi connectivity index (χ0v) is 20.1. The van der Waals surface area contributed by atoms with E-state index in [1.54, 1.807) is 6.92 Å². The lowest BCUT2D eigenvalue weighted by atomic mass is 9.38. The molecule has 4 aliphatic carbocycles. The molecule has 5 rings (SSSR count). The van der Waals surface area contributed by atoms with Crippen LogP contribution in [-0.2, 0) is 19.1 Å². The lowest BCUT2D eigenvalue weighted by Crippen LogP contribution is -2.72. The third-order valence-electron chi connectivity index (χ3n) is 10.7. The molecule has 3 saturated carbocycles. The van der Waals surface area contributed by atoms with Crippen molar-refractivity contribution in [3.8, 4) is 0 Å². The molecular weight excluding hydrogens is 444 g/mol. The van der Waals surface area contributed by atoms with E-state index in [0.717, 1.165) is 0 Å². The average molecular weight is 478 g/mol. The summed E-state index contributed by atoms with van der Waals surface area (Å²) in [6.45, 7) is 7.22. The van der Waals surface area contributed by atoms with E-state index in [9.17, 15) is 19.5 Å². The smallest absolute Gasteiger partial charge is 0.303 e. The quantitative estimate of drug-likeness (QED) is 0.608. The van der Waals surface area contributed by atoms with Gasteiger partial charge in [0.2, 0.25) is 0 Å². The maximum Gasteiger partial charge on any atom is 0.303 e. The molecule has 0 aromatic carbocycles. The summed E-state index contributed by atoms with van der Waals surface area (Å²) in [6, 6.07) is 0. The first kappa shape index (κ1) is 23.8.